The number of H-pyrrole nitrogens is 2. The van der Waals surface area contributed by atoms with Crippen LogP contribution in [0.15, 0.2) is 138 Å². The van der Waals surface area contributed by atoms with Crippen molar-refractivity contribution in [1.29, 1.82) is 0 Å². The molecule has 0 aliphatic carbocycles. The topological polar surface area (TPSA) is 188 Å². The zero-order chi connectivity index (χ0) is 41.5. The quantitative estimate of drug-likeness (QED) is 0.104. The standard InChI is InChI=1S/C22H22N4O3S.C21H21N5O3S/c27-20(16-4-2-1-3-5-16)25-17-6-8-18(9-7-17)29-22(28)26-14-10-19(11-15-26)30-21-23-12-13-24-21;27-19(15-4-2-1-3-5-15)24-16-6-8-17(9-7-16)29-21(28)26-12-10-18(11-13-26)30-20-22-14-23-25-20/h1-9,12-13,19H,10-11,14-15H2,(H,23,24)(H,25,27);1-9,14,18H,10-13H2,(H,24,27)(H,22,23,25). The summed E-state index contributed by atoms with van der Waals surface area (Å²) in [6, 6.07) is 31.5. The molecule has 17 heteroatoms. The minimum Gasteiger partial charge on any atom is -0.410 e. The van der Waals surface area contributed by atoms with E-state index in [0.717, 1.165) is 36.0 Å². The van der Waals surface area contributed by atoms with Crippen molar-refractivity contribution in [3.05, 3.63) is 139 Å². The monoisotopic (exact) mass is 845 g/mol. The number of hydrogen-bond donors (Lipinski definition) is 4. The molecule has 2 saturated heterocycles. The molecule has 0 radical (unpaired) electrons. The fourth-order valence-corrected chi connectivity index (χ4v) is 8.32. The Morgan fingerprint density at radius 3 is 1.43 bits per heavy atom. The minimum absolute atomic E-state index is 0.185. The highest BCUT2D eigenvalue weighted by Crippen LogP contribution is 2.30. The third-order valence-corrected chi connectivity index (χ3v) is 12.0. The molecule has 0 atom stereocenters. The number of nitrogens with one attached hydrogen (secondary N) is 4. The van der Waals surface area contributed by atoms with Crippen molar-refractivity contribution in [1.82, 2.24) is 34.9 Å². The molecule has 0 bridgehead atoms. The van der Waals surface area contributed by atoms with Crippen LogP contribution in [0.2, 0.25) is 0 Å². The van der Waals surface area contributed by atoms with Crippen LogP contribution in [0.3, 0.4) is 0 Å². The minimum atomic E-state index is -0.362. The van der Waals surface area contributed by atoms with Gasteiger partial charge in [-0.3, -0.25) is 14.7 Å². The summed E-state index contributed by atoms with van der Waals surface area (Å²) in [6.07, 6.45) is 7.86. The van der Waals surface area contributed by atoms with Crippen LogP contribution in [-0.4, -0.2) is 95.6 Å². The lowest BCUT2D eigenvalue weighted by atomic mass is 10.1. The lowest BCUT2D eigenvalue weighted by Crippen LogP contribution is -2.40. The molecule has 4 amide bonds. The molecule has 2 aliphatic heterocycles. The van der Waals surface area contributed by atoms with E-state index >= 15 is 0 Å². The average Bonchev–Trinajstić information content (AvgIpc) is 4.01. The summed E-state index contributed by atoms with van der Waals surface area (Å²) >= 11 is 3.36. The lowest BCUT2D eigenvalue weighted by Gasteiger charge is -2.30. The summed E-state index contributed by atoms with van der Waals surface area (Å²) in [4.78, 5) is 64.2. The molecule has 60 heavy (non-hydrogen) atoms. The van der Waals surface area contributed by atoms with Gasteiger partial charge in [0.1, 0.15) is 17.8 Å². The predicted octanol–water partition coefficient (Wildman–Crippen LogP) is 8.23. The third kappa shape index (κ3) is 12.2. The van der Waals surface area contributed by atoms with Crippen LogP contribution in [0.25, 0.3) is 0 Å². The molecule has 2 aliphatic rings. The second kappa shape index (κ2) is 20.9. The third-order valence-electron chi connectivity index (χ3n) is 9.53. The van der Waals surface area contributed by atoms with Crippen LogP contribution in [0.5, 0.6) is 11.5 Å². The van der Waals surface area contributed by atoms with Crippen LogP contribution in [0.1, 0.15) is 46.4 Å². The molecule has 15 nitrogen and oxygen atoms in total. The number of hydrogen-bond acceptors (Lipinski definition) is 11. The normalized spacial score (nSPS) is 14.3. The maximum atomic E-state index is 12.4. The van der Waals surface area contributed by atoms with E-state index < -0.39 is 0 Å². The number of nitrogens with zero attached hydrogens (tertiary/aromatic N) is 5. The van der Waals surface area contributed by atoms with Gasteiger partial charge in [-0.2, -0.15) is 5.10 Å². The highest BCUT2D eigenvalue weighted by molar-refractivity contribution is 8.00. The number of imidazole rings is 1. The van der Waals surface area contributed by atoms with E-state index in [4.69, 9.17) is 9.47 Å². The van der Waals surface area contributed by atoms with Crippen molar-refractivity contribution in [3.63, 3.8) is 0 Å². The van der Waals surface area contributed by atoms with Crippen molar-refractivity contribution in [2.24, 2.45) is 0 Å². The van der Waals surface area contributed by atoms with Gasteiger partial charge >= 0.3 is 12.2 Å². The Hall–Kier alpha value is -6.59. The van der Waals surface area contributed by atoms with Gasteiger partial charge < -0.3 is 34.9 Å². The molecule has 4 N–H and O–H groups in total. The van der Waals surface area contributed by atoms with Crippen LogP contribution < -0.4 is 20.1 Å². The number of likely N-dealkylation sites (tertiary alicyclic amines) is 2. The average molecular weight is 846 g/mol. The smallest absolute Gasteiger partial charge is 0.410 e. The Labute approximate surface area is 355 Å². The number of amides is 4. The van der Waals surface area contributed by atoms with Gasteiger partial charge in [-0.15, -0.1) is 0 Å². The van der Waals surface area contributed by atoms with Crippen LogP contribution in [-0.2, 0) is 0 Å². The summed E-state index contributed by atoms with van der Waals surface area (Å²) in [5.41, 5.74) is 2.44. The van der Waals surface area contributed by atoms with Gasteiger partial charge in [0.05, 0.1) is 0 Å². The molecule has 0 saturated carbocycles. The van der Waals surface area contributed by atoms with E-state index in [9.17, 15) is 19.2 Å². The van der Waals surface area contributed by atoms with Crippen molar-refractivity contribution < 1.29 is 28.7 Å². The Morgan fingerprint density at radius 2 is 1.03 bits per heavy atom. The van der Waals surface area contributed by atoms with Crippen molar-refractivity contribution in [2.75, 3.05) is 36.8 Å². The Kier molecular flexibility index (Phi) is 14.5. The molecule has 6 aromatic rings. The molecular weight excluding hydrogens is 803 g/mol. The Balaban J connectivity index is 0.000000181. The van der Waals surface area contributed by atoms with E-state index in [1.807, 2.05) is 42.6 Å². The van der Waals surface area contributed by atoms with E-state index in [2.05, 4.69) is 35.8 Å². The maximum absolute atomic E-state index is 12.4. The van der Waals surface area contributed by atoms with Crippen molar-refractivity contribution in [3.8, 4) is 11.5 Å². The van der Waals surface area contributed by atoms with Crippen LogP contribution in [0, 0.1) is 0 Å². The van der Waals surface area contributed by atoms with Crippen LogP contribution in [0.4, 0.5) is 21.0 Å². The zero-order valence-electron chi connectivity index (χ0n) is 32.4. The van der Waals surface area contributed by atoms with Gasteiger partial charge in [-0.1, -0.05) is 59.9 Å². The highest BCUT2D eigenvalue weighted by Gasteiger charge is 2.27. The number of anilines is 2. The highest BCUT2D eigenvalue weighted by atomic mass is 32.2. The number of piperidine rings is 2. The number of rotatable bonds is 10. The number of aromatic amines is 2. The van der Waals surface area contributed by atoms with E-state index in [-0.39, 0.29) is 24.0 Å². The fraction of sp³-hybridized carbons (Fsp3) is 0.233. The van der Waals surface area contributed by atoms with Crippen molar-refractivity contribution in [2.45, 2.75) is 46.5 Å². The number of carbonyl (C=O) groups is 4. The van der Waals surface area contributed by atoms with Gasteiger partial charge in [-0.05, 0) is 98.5 Å². The zero-order valence-corrected chi connectivity index (χ0v) is 34.1. The first-order valence-corrected chi connectivity index (χ1v) is 21.1. The lowest BCUT2D eigenvalue weighted by molar-refractivity contribution is 0.101. The van der Waals surface area contributed by atoms with Gasteiger partial charge in [0.15, 0.2) is 10.3 Å². The summed E-state index contributed by atoms with van der Waals surface area (Å²) in [7, 11) is 0. The number of thioether (sulfide) groups is 2. The first kappa shape index (κ1) is 41.6. The largest absolute Gasteiger partial charge is 0.415 e. The molecule has 2 aromatic heterocycles. The number of benzene rings is 4. The van der Waals surface area contributed by atoms with Crippen LogP contribution >= 0.6 is 23.5 Å². The van der Waals surface area contributed by atoms with E-state index in [1.54, 1.807) is 112 Å². The maximum Gasteiger partial charge on any atom is 0.415 e. The second-order valence-electron chi connectivity index (χ2n) is 13.7. The SMILES string of the molecule is O=C(Nc1ccc(OC(=O)N2CCC(Sc3ncc[nH]3)CC2)cc1)c1ccccc1.O=C(Nc1ccc(OC(=O)N2CCC(Sc3ncn[nH]3)CC2)cc1)c1ccccc1. The molecule has 4 aromatic carbocycles. The summed E-state index contributed by atoms with van der Waals surface area (Å²) in [5, 5.41) is 14.9. The molecule has 0 unspecified atom stereocenters. The summed E-state index contributed by atoms with van der Waals surface area (Å²) < 4.78 is 11.0. The summed E-state index contributed by atoms with van der Waals surface area (Å²) in [6.45, 7) is 2.58. The summed E-state index contributed by atoms with van der Waals surface area (Å²) in [5.74, 6) is 0.516. The number of carbonyl (C=O) groups excluding carboxylic acids is 4. The molecule has 0 spiro atoms. The molecule has 2 fully saturated rings. The number of aromatic nitrogens is 5. The predicted molar refractivity (Wildman–Crippen MR) is 230 cm³/mol. The Bertz CT molecular complexity index is 2100. The molecule has 4 heterocycles. The first-order chi connectivity index (χ1) is 29.3. The molecule has 308 valence electrons. The van der Waals surface area contributed by atoms with Gasteiger partial charge in [0.25, 0.3) is 11.8 Å². The fourth-order valence-electron chi connectivity index (χ4n) is 6.32. The molecule has 8 rings (SSSR count). The van der Waals surface area contributed by atoms with E-state index in [0.29, 0.717) is 70.7 Å². The number of ether oxygens (including phenoxy) is 2. The van der Waals surface area contributed by atoms with Gasteiger partial charge in [-0.25, -0.2) is 19.6 Å². The molecular formula is C43H43N9O6S2. The van der Waals surface area contributed by atoms with Crippen molar-refractivity contribution >= 4 is 58.9 Å². The van der Waals surface area contributed by atoms with Gasteiger partial charge in [0.2, 0.25) is 0 Å². The first-order valence-electron chi connectivity index (χ1n) is 19.4. The van der Waals surface area contributed by atoms with Gasteiger partial charge in [0, 0.05) is 71.6 Å². The second-order valence-corrected chi connectivity index (χ2v) is 16.3. The Morgan fingerprint density at radius 1 is 0.583 bits per heavy atom. The van der Waals surface area contributed by atoms with E-state index in [1.165, 1.54) is 6.33 Å².